The number of hydrogen-bond donors (Lipinski definition) is 1. The van der Waals surface area contributed by atoms with Crippen molar-refractivity contribution in [2.75, 3.05) is 17.1 Å². The number of anilines is 1. The third kappa shape index (κ3) is 7.06. The van der Waals surface area contributed by atoms with E-state index in [0.29, 0.717) is 10.2 Å². The average molecular weight is 551 g/mol. The first-order valence-corrected chi connectivity index (χ1v) is 14.1. The van der Waals surface area contributed by atoms with Gasteiger partial charge in [-0.05, 0) is 50.5 Å². The van der Waals surface area contributed by atoms with E-state index in [-0.39, 0.29) is 18.5 Å². The molecule has 0 unspecified atom stereocenters. The Kier molecular flexibility index (Phi) is 8.76. The molecule has 1 aliphatic carbocycles. The van der Waals surface area contributed by atoms with Crippen LogP contribution in [0.15, 0.2) is 53.0 Å². The van der Waals surface area contributed by atoms with Gasteiger partial charge in [-0.2, -0.15) is 0 Å². The highest BCUT2D eigenvalue weighted by molar-refractivity contribution is 9.10. The molecule has 1 aliphatic rings. The van der Waals surface area contributed by atoms with Crippen LogP contribution in [0.2, 0.25) is 0 Å². The van der Waals surface area contributed by atoms with E-state index in [2.05, 4.69) is 21.2 Å². The van der Waals surface area contributed by atoms with Crippen LogP contribution in [-0.4, -0.2) is 50.0 Å². The van der Waals surface area contributed by atoms with Crippen LogP contribution in [-0.2, 0) is 26.2 Å². The lowest BCUT2D eigenvalue weighted by atomic mass is 10.1. The standard InChI is InChI=1S/C25H32BrN3O4S/c1-18-11-13-20(14-12-18)16-28(19(2)25(31)27-22-8-4-5-9-22)24(30)17-29(34(3,32)33)23-10-6-7-21(26)15-23/h6-7,10-15,19,22H,4-5,8-9,16-17H2,1-3H3,(H,27,31)/t19-/m1/s1. The van der Waals surface area contributed by atoms with Crippen molar-refractivity contribution in [1.29, 1.82) is 0 Å². The third-order valence-electron chi connectivity index (χ3n) is 6.12. The van der Waals surface area contributed by atoms with Gasteiger partial charge >= 0.3 is 0 Å². The van der Waals surface area contributed by atoms with Crippen molar-refractivity contribution in [2.24, 2.45) is 0 Å². The summed E-state index contributed by atoms with van der Waals surface area (Å²) in [4.78, 5) is 28.0. The van der Waals surface area contributed by atoms with Crippen molar-refractivity contribution in [1.82, 2.24) is 10.2 Å². The molecule has 9 heteroatoms. The number of halogens is 1. The molecule has 0 radical (unpaired) electrons. The number of amides is 2. The number of benzene rings is 2. The lowest BCUT2D eigenvalue weighted by Gasteiger charge is -2.32. The van der Waals surface area contributed by atoms with E-state index >= 15 is 0 Å². The Balaban J connectivity index is 1.87. The Morgan fingerprint density at radius 1 is 1.12 bits per heavy atom. The maximum Gasteiger partial charge on any atom is 0.244 e. The third-order valence-corrected chi connectivity index (χ3v) is 7.75. The van der Waals surface area contributed by atoms with E-state index in [9.17, 15) is 18.0 Å². The Morgan fingerprint density at radius 2 is 1.76 bits per heavy atom. The number of nitrogens with zero attached hydrogens (tertiary/aromatic N) is 2. The van der Waals surface area contributed by atoms with Crippen LogP contribution in [0.25, 0.3) is 0 Å². The fourth-order valence-corrected chi connectivity index (χ4v) is 5.34. The molecule has 0 saturated heterocycles. The molecule has 1 saturated carbocycles. The molecule has 1 N–H and O–H groups in total. The van der Waals surface area contributed by atoms with Crippen LogP contribution < -0.4 is 9.62 Å². The Labute approximate surface area is 210 Å². The van der Waals surface area contributed by atoms with Crippen LogP contribution in [0.1, 0.15) is 43.7 Å². The highest BCUT2D eigenvalue weighted by atomic mass is 79.9. The second-order valence-corrected chi connectivity index (χ2v) is 11.7. The highest BCUT2D eigenvalue weighted by Crippen LogP contribution is 2.23. The normalized spacial score (nSPS) is 15.1. The molecule has 34 heavy (non-hydrogen) atoms. The topological polar surface area (TPSA) is 86.8 Å². The molecule has 184 valence electrons. The zero-order valence-electron chi connectivity index (χ0n) is 19.8. The van der Waals surface area contributed by atoms with E-state index < -0.39 is 28.5 Å². The number of carbonyl (C=O) groups is 2. The molecule has 0 spiro atoms. The zero-order valence-corrected chi connectivity index (χ0v) is 22.2. The van der Waals surface area contributed by atoms with Gasteiger partial charge in [-0.15, -0.1) is 0 Å². The number of hydrogen-bond acceptors (Lipinski definition) is 4. The second-order valence-electron chi connectivity index (χ2n) is 8.92. The maximum atomic E-state index is 13.5. The molecule has 2 amide bonds. The summed E-state index contributed by atoms with van der Waals surface area (Å²) >= 11 is 3.36. The van der Waals surface area contributed by atoms with E-state index in [1.54, 1.807) is 31.2 Å². The van der Waals surface area contributed by atoms with Gasteiger partial charge in [0.2, 0.25) is 21.8 Å². The molecule has 0 heterocycles. The fraction of sp³-hybridized carbons (Fsp3) is 0.440. The van der Waals surface area contributed by atoms with Gasteiger partial charge in [0.15, 0.2) is 0 Å². The van der Waals surface area contributed by atoms with E-state index in [0.717, 1.165) is 47.4 Å². The summed E-state index contributed by atoms with van der Waals surface area (Å²) in [5, 5.41) is 3.06. The van der Waals surface area contributed by atoms with Gasteiger partial charge in [0.1, 0.15) is 12.6 Å². The molecule has 3 rings (SSSR count). The van der Waals surface area contributed by atoms with Gasteiger partial charge in [-0.1, -0.05) is 64.7 Å². The lowest BCUT2D eigenvalue weighted by Crippen LogP contribution is -2.52. The minimum Gasteiger partial charge on any atom is -0.352 e. The van der Waals surface area contributed by atoms with E-state index in [1.807, 2.05) is 31.2 Å². The summed E-state index contributed by atoms with van der Waals surface area (Å²) < 4.78 is 27.0. The van der Waals surface area contributed by atoms with Crippen molar-refractivity contribution in [3.8, 4) is 0 Å². The number of rotatable bonds is 9. The molecule has 0 bridgehead atoms. The van der Waals surface area contributed by atoms with Crippen LogP contribution >= 0.6 is 15.9 Å². The van der Waals surface area contributed by atoms with Gasteiger partial charge in [0.25, 0.3) is 0 Å². The predicted octanol–water partition coefficient (Wildman–Crippen LogP) is 4.00. The van der Waals surface area contributed by atoms with Crippen molar-refractivity contribution < 1.29 is 18.0 Å². The first kappa shape index (κ1) is 26.2. The van der Waals surface area contributed by atoms with Crippen molar-refractivity contribution >= 4 is 43.5 Å². The monoisotopic (exact) mass is 549 g/mol. The second kappa shape index (κ2) is 11.4. The average Bonchev–Trinajstić information content (AvgIpc) is 3.28. The van der Waals surface area contributed by atoms with Crippen molar-refractivity contribution in [2.45, 2.75) is 58.2 Å². The summed E-state index contributed by atoms with van der Waals surface area (Å²) in [7, 11) is -3.74. The molecular formula is C25H32BrN3O4S. The van der Waals surface area contributed by atoms with Crippen LogP contribution in [0.4, 0.5) is 5.69 Å². The first-order valence-electron chi connectivity index (χ1n) is 11.4. The van der Waals surface area contributed by atoms with Crippen molar-refractivity contribution in [3.63, 3.8) is 0 Å². The quantitative estimate of drug-likeness (QED) is 0.512. The minimum absolute atomic E-state index is 0.125. The van der Waals surface area contributed by atoms with Crippen LogP contribution in [0.3, 0.4) is 0 Å². The summed E-state index contributed by atoms with van der Waals surface area (Å²) in [6, 6.07) is 13.9. The highest BCUT2D eigenvalue weighted by Gasteiger charge is 2.31. The largest absolute Gasteiger partial charge is 0.352 e. The molecule has 0 aliphatic heterocycles. The molecule has 2 aromatic rings. The van der Waals surface area contributed by atoms with Crippen molar-refractivity contribution in [3.05, 3.63) is 64.1 Å². The number of sulfonamides is 1. The molecule has 1 fully saturated rings. The Hall–Kier alpha value is -2.39. The molecule has 0 aromatic heterocycles. The van der Waals surface area contributed by atoms with E-state index in [4.69, 9.17) is 0 Å². The smallest absolute Gasteiger partial charge is 0.244 e. The van der Waals surface area contributed by atoms with E-state index in [1.165, 1.54) is 4.90 Å². The SMILES string of the molecule is Cc1ccc(CN(C(=O)CN(c2cccc(Br)c2)S(C)(=O)=O)[C@H](C)C(=O)NC2CCCC2)cc1. The predicted molar refractivity (Wildman–Crippen MR) is 138 cm³/mol. The van der Waals surface area contributed by atoms with Crippen LogP contribution in [0, 0.1) is 6.92 Å². The molecule has 2 aromatic carbocycles. The summed E-state index contributed by atoms with van der Waals surface area (Å²) in [5.74, 6) is -0.666. The fourth-order valence-electron chi connectivity index (χ4n) is 4.11. The van der Waals surface area contributed by atoms with Gasteiger partial charge in [-0.25, -0.2) is 8.42 Å². The molecule has 1 atom stereocenters. The Morgan fingerprint density at radius 3 is 2.35 bits per heavy atom. The van der Waals surface area contributed by atoms with Gasteiger partial charge in [0.05, 0.1) is 11.9 Å². The lowest BCUT2D eigenvalue weighted by molar-refractivity contribution is -0.139. The number of aryl methyl sites for hydroxylation is 1. The minimum atomic E-state index is -3.74. The molecule has 7 nitrogen and oxygen atoms in total. The van der Waals surface area contributed by atoms with Gasteiger partial charge in [-0.3, -0.25) is 13.9 Å². The van der Waals surface area contributed by atoms with Gasteiger partial charge < -0.3 is 10.2 Å². The molecular weight excluding hydrogens is 518 g/mol. The Bertz CT molecular complexity index is 1120. The maximum absolute atomic E-state index is 13.5. The summed E-state index contributed by atoms with van der Waals surface area (Å²) in [6.45, 7) is 3.48. The summed E-state index contributed by atoms with van der Waals surface area (Å²) in [6.07, 6.45) is 5.12. The zero-order chi connectivity index (χ0) is 24.9. The number of carbonyl (C=O) groups excluding carboxylic acids is 2. The van der Waals surface area contributed by atoms with Gasteiger partial charge in [0, 0.05) is 17.1 Å². The summed E-state index contributed by atoms with van der Waals surface area (Å²) in [5.41, 5.74) is 2.34. The first-order chi connectivity index (χ1) is 16.0. The number of nitrogens with one attached hydrogen (secondary N) is 1. The van der Waals surface area contributed by atoms with Crippen LogP contribution in [0.5, 0.6) is 0 Å².